The van der Waals surface area contributed by atoms with Crippen LogP contribution in [0.4, 0.5) is 5.69 Å². The average Bonchev–Trinajstić information content (AvgIpc) is 2.42. The normalized spacial score (nSPS) is 11.2. The molecule has 0 heterocycles. The zero-order chi connectivity index (χ0) is 16.6. The largest absolute Gasteiger partial charge is 0.356 e. The van der Waals surface area contributed by atoms with Crippen molar-refractivity contribution < 1.29 is 13.2 Å². The standard InChI is InChI=1S/C15H23ClN2O3S/c1-3-4-5-10-17-15(19)9-11-18(22(2,20)21)14-8-6-7-13(16)12-14/h6-8,12H,3-5,9-11H2,1-2H3,(H,17,19). The number of halogens is 1. The van der Waals surface area contributed by atoms with Gasteiger partial charge in [0.05, 0.1) is 11.9 Å². The molecule has 1 rings (SSSR count). The number of carbonyl (C=O) groups is 1. The number of rotatable bonds is 9. The molecule has 0 aliphatic heterocycles. The second-order valence-corrected chi connectivity index (χ2v) is 7.47. The van der Waals surface area contributed by atoms with E-state index in [1.54, 1.807) is 24.3 Å². The fourth-order valence-corrected chi connectivity index (χ4v) is 3.12. The average molecular weight is 347 g/mol. The van der Waals surface area contributed by atoms with Gasteiger partial charge >= 0.3 is 0 Å². The van der Waals surface area contributed by atoms with Gasteiger partial charge in [-0.1, -0.05) is 37.4 Å². The Hall–Kier alpha value is -1.27. The van der Waals surface area contributed by atoms with E-state index in [-0.39, 0.29) is 18.9 Å². The van der Waals surface area contributed by atoms with Crippen molar-refractivity contribution in [3.63, 3.8) is 0 Å². The first-order chi connectivity index (χ1) is 10.3. The van der Waals surface area contributed by atoms with E-state index < -0.39 is 10.0 Å². The van der Waals surface area contributed by atoms with Crippen molar-refractivity contribution in [2.45, 2.75) is 32.6 Å². The number of nitrogens with zero attached hydrogens (tertiary/aromatic N) is 1. The Balaban J connectivity index is 2.63. The Labute approximate surface area is 137 Å². The van der Waals surface area contributed by atoms with Crippen LogP contribution in [0.3, 0.4) is 0 Å². The molecule has 0 aromatic heterocycles. The molecule has 22 heavy (non-hydrogen) atoms. The third-order valence-corrected chi connectivity index (χ3v) is 4.57. The molecular formula is C15H23ClN2O3S. The number of unbranched alkanes of at least 4 members (excludes halogenated alkanes) is 2. The van der Waals surface area contributed by atoms with E-state index in [0.717, 1.165) is 25.5 Å². The number of benzene rings is 1. The summed E-state index contributed by atoms with van der Waals surface area (Å²) in [7, 11) is -3.46. The minimum Gasteiger partial charge on any atom is -0.356 e. The second-order valence-electron chi connectivity index (χ2n) is 5.12. The van der Waals surface area contributed by atoms with E-state index in [2.05, 4.69) is 12.2 Å². The molecule has 1 amide bonds. The molecule has 124 valence electrons. The topological polar surface area (TPSA) is 66.5 Å². The first kappa shape index (κ1) is 18.8. The zero-order valence-electron chi connectivity index (χ0n) is 13.0. The predicted molar refractivity (Wildman–Crippen MR) is 90.8 cm³/mol. The monoisotopic (exact) mass is 346 g/mol. The SMILES string of the molecule is CCCCCNC(=O)CCN(c1cccc(Cl)c1)S(C)(=O)=O. The fraction of sp³-hybridized carbons (Fsp3) is 0.533. The molecule has 0 aliphatic rings. The van der Waals surface area contributed by atoms with Gasteiger partial charge in [-0.15, -0.1) is 0 Å². The molecule has 1 N–H and O–H groups in total. The third-order valence-electron chi connectivity index (χ3n) is 3.14. The van der Waals surface area contributed by atoms with E-state index >= 15 is 0 Å². The Kier molecular flexibility index (Phi) is 7.68. The van der Waals surface area contributed by atoms with Crippen molar-refractivity contribution in [2.75, 3.05) is 23.7 Å². The number of amides is 1. The van der Waals surface area contributed by atoms with Crippen molar-refractivity contribution in [1.82, 2.24) is 5.32 Å². The number of nitrogens with one attached hydrogen (secondary N) is 1. The van der Waals surface area contributed by atoms with Crippen molar-refractivity contribution in [3.8, 4) is 0 Å². The lowest BCUT2D eigenvalue weighted by Crippen LogP contribution is -2.34. The van der Waals surface area contributed by atoms with Crippen molar-refractivity contribution in [3.05, 3.63) is 29.3 Å². The molecule has 0 aliphatic carbocycles. The Morgan fingerprint density at radius 3 is 2.64 bits per heavy atom. The molecule has 1 aromatic carbocycles. The molecule has 7 heteroatoms. The van der Waals surface area contributed by atoms with E-state index in [4.69, 9.17) is 11.6 Å². The highest BCUT2D eigenvalue weighted by molar-refractivity contribution is 7.92. The summed E-state index contributed by atoms with van der Waals surface area (Å²) in [6.45, 7) is 2.82. The zero-order valence-corrected chi connectivity index (χ0v) is 14.6. The van der Waals surface area contributed by atoms with Gasteiger partial charge in [-0.3, -0.25) is 9.10 Å². The quantitative estimate of drug-likeness (QED) is 0.699. The molecule has 0 unspecified atom stereocenters. The van der Waals surface area contributed by atoms with Crippen LogP contribution in [0.25, 0.3) is 0 Å². The highest BCUT2D eigenvalue weighted by Crippen LogP contribution is 2.21. The van der Waals surface area contributed by atoms with Gasteiger partial charge in [-0.05, 0) is 24.6 Å². The number of anilines is 1. The summed E-state index contributed by atoms with van der Waals surface area (Å²) in [6.07, 6.45) is 4.33. The number of hydrogen-bond acceptors (Lipinski definition) is 3. The van der Waals surface area contributed by atoms with E-state index in [9.17, 15) is 13.2 Å². The van der Waals surface area contributed by atoms with Crippen LogP contribution < -0.4 is 9.62 Å². The smallest absolute Gasteiger partial charge is 0.232 e. The molecule has 1 aromatic rings. The van der Waals surface area contributed by atoms with Crippen molar-refractivity contribution in [2.24, 2.45) is 0 Å². The van der Waals surface area contributed by atoms with Gasteiger partial charge in [0, 0.05) is 24.5 Å². The molecule has 5 nitrogen and oxygen atoms in total. The maximum atomic E-state index is 11.9. The van der Waals surface area contributed by atoms with Crippen LogP contribution in [0.15, 0.2) is 24.3 Å². The summed E-state index contributed by atoms with van der Waals surface area (Å²) in [5.41, 5.74) is 0.466. The van der Waals surface area contributed by atoms with Crippen LogP contribution in [0, 0.1) is 0 Å². The highest BCUT2D eigenvalue weighted by Gasteiger charge is 2.18. The lowest BCUT2D eigenvalue weighted by atomic mass is 10.2. The van der Waals surface area contributed by atoms with Crippen molar-refractivity contribution >= 4 is 33.2 Å². The molecule has 0 fully saturated rings. The molecule has 0 saturated carbocycles. The van der Waals surface area contributed by atoms with Crippen LogP contribution in [0.2, 0.25) is 5.02 Å². The maximum Gasteiger partial charge on any atom is 0.232 e. The van der Waals surface area contributed by atoms with Gasteiger partial charge < -0.3 is 5.32 Å². The van der Waals surface area contributed by atoms with E-state index in [1.165, 1.54) is 4.31 Å². The number of hydrogen-bond donors (Lipinski definition) is 1. The van der Waals surface area contributed by atoms with Crippen molar-refractivity contribution in [1.29, 1.82) is 0 Å². The summed E-state index contributed by atoms with van der Waals surface area (Å²) in [5, 5.41) is 3.25. The minimum atomic E-state index is -3.46. The third kappa shape index (κ3) is 6.66. The summed E-state index contributed by atoms with van der Waals surface area (Å²) in [6, 6.07) is 6.58. The number of sulfonamides is 1. The first-order valence-corrected chi connectivity index (χ1v) is 9.57. The predicted octanol–water partition coefficient (Wildman–Crippen LogP) is 2.80. The van der Waals surface area contributed by atoms with Gasteiger partial charge in [-0.2, -0.15) is 0 Å². The molecule has 0 bridgehead atoms. The summed E-state index contributed by atoms with van der Waals surface area (Å²) in [4.78, 5) is 11.8. The maximum absolute atomic E-state index is 11.9. The van der Waals surface area contributed by atoms with Gasteiger partial charge in [0.15, 0.2) is 0 Å². The molecule has 0 radical (unpaired) electrons. The van der Waals surface area contributed by atoms with Crippen LogP contribution >= 0.6 is 11.6 Å². The second kappa shape index (κ2) is 9.00. The van der Waals surface area contributed by atoms with Crippen LogP contribution in [-0.4, -0.2) is 33.7 Å². The van der Waals surface area contributed by atoms with Gasteiger partial charge in [0.1, 0.15) is 0 Å². The Bertz CT molecular complexity index is 590. The molecular weight excluding hydrogens is 324 g/mol. The lowest BCUT2D eigenvalue weighted by Gasteiger charge is -2.22. The van der Waals surface area contributed by atoms with Gasteiger partial charge in [-0.25, -0.2) is 8.42 Å². The molecule has 0 saturated heterocycles. The van der Waals surface area contributed by atoms with E-state index in [1.807, 2.05) is 0 Å². The summed E-state index contributed by atoms with van der Waals surface area (Å²) < 4.78 is 25.0. The van der Waals surface area contributed by atoms with Gasteiger partial charge in [0.2, 0.25) is 15.9 Å². The minimum absolute atomic E-state index is 0.0960. The van der Waals surface area contributed by atoms with E-state index in [0.29, 0.717) is 17.3 Å². The Morgan fingerprint density at radius 2 is 2.05 bits per heavy atom. The van der Waals surface area contributed by atoms with Crippen LogP contribution in [0.5, 0.6) is 0 Å². The van der Waals surface area contributed by atoms with Gasteiger partial charge in [0.25, 0.3) is 0 Å². The Morgan fingerprint density at radius 1 is 1.32 bits per heavy atom. The lowest BCUT2D eigenvalue weighted by molar-refractivity contribution is -0.120. The summed E-state index contributed by atoms with van der Waals surface area (Å²) >= 11 is 5.90. The number of carbonyl (C=O) groups excluding carboxylic acids is 1. The first-order valence-electron chi connectivity index (χ1n) is 7.34. The summed E-state index contributed by atoms with van der Waals surface area (Å²) in [5.74, 6) is -0.146. The van der Waals surface area contributed by atoms with Crippen LogP contribution in [0.1, 0.15) is 32.6 Å². The molecule has 0 spiro atoms. The fourth-order valence-electron chi connectivity index (χ4n) is 2.01. The highest BCUT2D eigenvalue weighted by atomic mass is 35.5. The van der Waals surface area contributed by atoms with Crippen LogP contribution in [-0.2, 0) is 14.8 Å². The molecule has 0 atom stereocenters.